The van der Waals surface area contributed by atoms with Crippen molar-refractivity contribution in [1.29, 1.82) is 0 Å². The minimum Gasteiger partial charge on any atom is -0.394 e. The Labute approximate surface area is 118 Å². The number of aliphatic hydroxyl groups is 1. The average molecular weight is 271 g/mol. The van der Waals surface area contributed by atoms with E-state index in [4.69, 9.17) is 0 Å². The maximum atomic E-state index is 13.3. The Morgan fingerprint density at radius 1 is 1.25 bits per heavy atom. The molecule has 2 aromatic carbocycles. The van der Waals surface area contributed by atoms with Crippen molar-refractivity contribution in [3.05, 3.63) is 65.0 Å². The first kappa shape index (κ1) is 13.1. The van der Waals surface area contributed by atoms with Crippen molar-refractivity contribution in [2.75, 3.05) is 11.9 Å². The van der Waals surface area contributed by atoms with E-state index in [2.05, 4.69) is 23.5 Å². The van der Waals surface area contributed by atoms with Crippen LogP contribution in [0.4, 0.5) is 10.1 Å². The van der Waals surface area contributed by atoms with Crippen LogP contribution in [-0.2, 0) is 12.0 Å². The van der Waals surface area contributed by atoms with Crippen LogP contribution in [0.2, 0.25) is 0 Å². The Kier molecular flexibility index (Phi) is 3.22. The molecule has 0 radical (unpaired) electrons. The molecule has 1 unspecified atom stereocenters. The summed E-state index contributed by atoms with van der Waals surface area (Å²) in [6.07, 6.45) is 1.75. The van der Waals surface area contributed by atoms with Gasteiger partial charge in [-0.25, -0.2) is 4.39 Å². The van der Waals surface area contributed by atoms with Gasteiger partial charge in [0, 0.05) is 5.69 Å². The van der Waals surface area contributed by atoms with E-state index in [-0.39, 0.29) is 12.4 Å². The summed E-state index contributed by atoms with van der Waals surface area (Å²) in [5, 5.41) is 13.3. The molecule has 2 nitrogen and oxygen atoms in total. The molecular weight excluding hydrogens is 253 g/mol. The number of hydrogen-bond acceptors (Lipinski definition) is 2. The molecule has 0 saturated heterocycles. The fourth-order valence-electron chi connectivity index (χ4n) is 3.01. The molecule has 104 valence electrons. The summed E-state index contributed by atoms with van der Waals surface area (Å²) < 4.78 is 13.3. The molecule has 0 bridgehead atoms. The van der Waals surface area contributed by atoms with E-state index in [0.717, 1.165) is 18.4 Å². The van der Waals surface area contributed by atoms with E-state index >= 15 is 0 Å². The molecule has 20 heavy (non-hydrogen) atoms. The number of rotatable bonds is 3. The van der Waals surface area contributed by atoms with E-state index in [1.165, 1.54) is 23.3 Å². The van der Waals surface area contributed by atoms with Crippen LogP contribution < -0.4 is 5.32 Å². The molecule has 0 heterocycles. The number of fused-ring (bicyclic) bond motifs is 1. The highest BCUT2D eigenvalue weighted by Crippen LogP contribution is 2.39. The Bertz CT molecular complexity index is 641. The highest BCUT2D eigenvalue weighted by atomic mass is 19.1. The number of hydrogen-bond donors (Lipinski definition) is 2. The van der Waals surface area contributed by atoms with E-state index < -0.39 is 5.54 Å². The van der Waals surface area contributed by atoms with E-state index in [0.29, 0.717) is 5.69 Å². The van der Waals surface area contributed by atoms with Crippen molar-refractivity contribution >= 4 is 5.69 Å². The second-order valence-electron chi connectivity index (χ2n) is 5.54. The minimum absolute atomic E-state index is 0.0000331. The molecule has 1 atom stereocenters. The van der Waals surface area contributed by atoms with E-state index in [9.17, 15) is 9.50 Å². The summed E-state index contributed by atoms with van der Waals surface area (Å²) in [6, 6.07) is 12.7. The van der Waals surface area contributed by atoms with E-state index in [1.807, 2.05) is 13.0 Å². The smallest absolute Gasteiger partial charge is 0.125 e. The third kappa shape index (κ3) is 2.18. The summed E-state index contributed by atoms with van der Waals surface area (Å²) in [5.41, 5.74) is 3.76. The van der Waals surface area contributed by atoms with Gasteiger partial charge < -0.3 is 10.4 Å². The molecule has 0 spiro atoms. The van der Waals surface area contributed by atoms with Crippen molar-refractivity contribution in [1.82, 2.24) is 0 Å². The number of halogens is 1. The van der Waals surface area contributed by atoms with Crippen LogP contribution in [-0.4, -0.2) is 11.7 Å². The highest BCUT2D eigenvalue weighted by molar-refractivity contribution is 5.52. The van der Waals surface area contributed by atoms with Gasteiger partial charge in [-0.2, -0.15) is 0 Å². The van der Waals surface area contributed by atoms with Gasteiger partial charge in [0.15, 0.2) is 0 Å². The third-order valence-electron chi connectivity index (χ3n) is 4.08. The number of aryl methyl sites for hydroxylation is 2. The van der Waals surface area contributed by atoms with Crippen molar-refractivity contribution in [2.45, 2.75) is 25.3 Å². The second kappa shape index (κ2) is 4.91. The third-order valence-corrected chi connectivity index (χ3v) is 4.08. The topological polar surface area (TPSA) is 32.3 Å². The van der Waals surface area contributed by atoms with Crippen LogP contribution in [0.15, 0.2) is 42.5 Å². The summed E-state index contributed by atoms with van der Waals surface area (Å²) >= 11 is 0. The molecule has 1 aliphatic carbocycles. The highest BCUT2D eigenvalue weighted by Gasteiger charge is 2.38. The largest absolute Gasteiger partial charge is 0.394 e. The molecule has 0 aromatic heterocycles. The van der Waals surface area contributed by atoms with Gasteiger partial charge in [-0.05, 0) is 49.1 Å². The van der Waals surface area contributed by atoms with Crippen molar-refractivity contribution in [3.63, 3.8) is 0 Å². The first-order valence-corrected chi connectivity index (χ1v) is 6.88. The summed E-state index contributed by atoms with van der Waals surface area (Å²) in [6.45, 7) is 2.04. The molecule has 3 rings (SSSR count). The summed E-state index contributed by atoms with van der Waals surface area (Å²) in [5.74, 6) is -0.273. The van der Waals surface area contributed by atoms with Gasteiger partial charge in [0.05, 0.1) is 12.1 Å². The lowest BCUT2D eigenvalue weighted by Crippen LogP contribution is -2.37. The van der Waals surface area contributed by atoms with Gasteiger partial charge in [-0.15, -0.1) is 0 Å². The van der Waals surface area contributed by atoms with Gasteiger partial charge in [0.2, 0.25) is 0 Å². The molecule has 0 aliphatic heterocycles. The molecule has 2 N–H and O–H groups in total. The minimum atomic E-state index is -0.505. The predicted octanol–water partition coefficient (Wildman–Crippen LogP) is 3.38. The molecule has 2 aromatic rings. The van der Waals surface area contributed by atoms with Gasteiger partial charge in [-0.1, -0.05) is 29.8 Å². The van der Waals surface area contributed by atoms with Gasteiger partial charge in [0.25, 0.3) is 0 Å². The fraction of sp³-hybridized carbons (Fsp3) is 0.294. The zero-order valence-corrected chi connectivity index (χ0v) is 11.5. The molecule has 0 saturated carbocycles. The maximum Gasteiger partial charge on any atom is 0.125 e. The monoisotopic (exact) mass is 271 g/mol. The van der Waals surface area contributed by atoms with E-state index in [1.54, 1.807) is 6.07 Å². The van der Waals surface area contributed by atoms with Gasteiger partial charge >= 0.3 is 0 Å². The Morgan fingerprint density at radius 2 is 2.10 bits per heavy atom. The normalized spacial score (nSPS) is 20.8. The zero-order valence-electron chi connectivity index (χ0n) is 11.5. The Hall–Kier alpha value is -1.87. The summed E-state index contributed by atoms with van der Waals surface area (Å²) in [4.78, 5) is 0. The lowest BCUT2D eigenvalue weighted by atomic mass is 9.91. The van der Waals surface area contributed by atoms with Crippen LogP contribution in [0, 0.1) is 12.7 Å². The number of aliphatic hydroxyl groups excluding tert-OH is 1. The Balaban J connectivity index is 2.00. The SMILES string of the molecule is Cc1ccc2c(c1)C(CO)(Nc1cccc(F)c1)CC2. The van der Waals surface area contributed by atoms with Gasteiger partial charge in [0.1, 0.15) is 5.82 Å². The molecule has 1 aliphatic rings. The fourth-order valence-corrected chi connectivity index (χ4v) is 3.01. The summed E-state index contributed by atoms with van der Waals surface area (Å²) in [7, 11) is 0. The van der Waals surface area contributed by atoms with Gasteiger partial charge in [-0.3, -0.25) is 0 Å². The van der Waals surface area contributed by atoms with Crippen molar-refractivity contribution in [3.8, 4) is 0 Å². The van der Waals surface area contributed by atoms with Crippen molar-refractivity contribution < 1.29 is 9.50 Å². The van der Waals surface area contributed by atoms with Crippen LogP contribution in [0.3, 0.4) is 0 Å². The number of anilines is 1. The molecule has 0 amide bonds. The number of benzene rings is 2. The Morgan fingerprint density at radius 3 is 2.85 bits per heavy atom. The average Bonchev–Trinajstić information content (AvgIpc) is 2.78. The van der Waals surface area contributed by atoms with Crippen LogP contribution in [0.5, 0.6) is 0 Å². The van der Waals surface area contributed by atoms with Crippen LogP contribution in [0.25, 0.3) is 0 Å². The van der Waals surface area contributed by atoms with Crippen molar-refractivity contribution in [2.24, 2.45) is 0 Å². The lowest BCUT2D eigenvalue weighted by molar-refractivity contribution is 0.211. The molecule has 3 heteroatoms. The van der Waals surface area contributed by atoms with Crippen LogP contribution in [0.1, 0.15) is 23.1 Å². The first-order valence-electron chi connectivity index (χ1n) is 6.88. The molecular formula is C17H18FNO. The maximum absolute atomic E-state index is 13.3. The molecule has 0 fully saturated rings. The second-order valence-corrected chi connectivity index (χ2v) is 5.54. The first-order chi connectivity index (χ1) is 9.63. The zero-order chi connectivity index (χ0) is 14.2. The van der Waals surface area contributed by atoms with Crippen LogP contribution >= 0.6 is 0 Å². The standard InChI is InChI=1S/C17H18FNO/c1-12-5-6-13-7-8-17(11-20,16(13)9-12)19-15-4-2-3-14(18)10-15/h2-6,9-10,19-20H,7-8,11H2,1H3. The lowest BCUT2D eigenvalue weighted by Gasteiger charge is -2.31. The number of nitrogens with one attached hydrogen (secondary N) is 1. The predicted molar refractivity (Wildman–Crippen MR) is 78.3 cm³/mol. The quantitative estimate of drug-likeness (QED) is 0.897.